The van der Waals surface area contributed by atoms with Crippen LogP contribution in [0.2, 0.25) is 0 Å². The number of urea groups is 1. The van der Waals surface area contributed by atoms with Gasteiger partial charge in [-0.2, -0.15) is 18.3 Å². The number of carbonyl (C=O) groups is 2. The predicted molar refractivity (Wildman–Crippen MR) is 113 cm³/mol. The van der Waals surface area contributed by atoms with Crippen LogP contribution < -0.4 is 5.32 Å². The van der Waals surface area contributed by atoms with E-state index in [1.807, 2.05) is 4.90 Å². The maximum atomic E-state index is 13.6. The van der Waals surface area contributed by atoms with Crippen LogP contribution in [-0.4, -0.2) is 76.5 Å². The van der Waals surface area contributed by atoms with Crippen LogP contribution >= 0.6 is 0 Å². The molecule has 12 heteroatoms. The summed E-state index contributed by atoms with van der Waals surface area (Å²) in [5, 5.41) is 7.35. The number of hydrogen-bond donors (Lipinski definition) is 1. The van der Waals surface area contributed by atoms with E-state index in [2.05, 4.69) is 10.4 Å². The number of piperidine rings is 2. The molecule has 1 saturated carbocycles. The maximum Gasteiger partial charge on any atom is 0.419 e. The van der Waals surface area contributed by atoms with E-state index in [1.165, 1.54) is 10.7 Å². The zero-order valence-electron chi connectivity index (χ0n) is 18.5. The van der Waals surface area contributed by atoms with Gasteiger partial charge in [-0.1, -0.05) is 0 Å². The molecule has 6 rings (SSSR count). The molecule has 3 aliphatic heterocycles. The van der Waals surface area contributed by atoms with Gasteiger partial charge in [0.15, 0.2) is 0 Å². The molecule has 4 atom stereocenters. The number of alkyl halides is 3. The Morgan fingerprint density at radius 3 is 2.63 bits per heavy atom. The standard InChI is InChI=1S/C23H23F4N5O3/c24-16-2-1-12(7-15(16)23(25,26)27)32-6-3-17(29-32)21-13-8-31(9-14(13)21)22(34)30-5-4-19-18(10-30)28-20(33)11-35-19/h1-3,6-7,13-14,18-19,21H,4-5,8-11H2,(H,28,33)/t13?,14?,18-,19+,21?/m1/s1. The minimum Gasteiger partial charge on any atom is -0.366 e. The van der Waals surface area contributed by atoms with Crippen molar-refractivity contribution in [3.05, 3.63) is 47.5 Å². The lowest BCUT2D eigenvalue weighted by Crippen LogP contribution is -2.62. The normalized spacial score (nSPS) is 30.1. The molecule has 8 nitrogen and oxygen atoms in total. The van der Waals surface area contributed by atoms with Gasteiger partial charge in [0, 0.05) is 38.3 Å². The summed E-state index contributed by atoms with van der Waals surface area (Å²) in [4.78, 5) is 28.3. The molecule has 3 saturated heterocycles. The minimum absolute atomic E-state index is 0.0502. The highest BCUT2D eigenvalue weighted by Crippen LogP contribution is 2.57. The summed E-state index contributed by atoms with van der Waals surface area (Å²) in [6.45, 7) is 2.23. The Balaban J connectivity index is 1.08. The molecular weight excluding hydrogens is 470 g/mol. The van der Waals surface area contributed by atoms with Crippen LogP contribution in [0.15, 0.2) is 30.5 Å². The van der Waals surface area contributed by atoms with Gasteiger partial charge in [-0.15, -0.1) is 0 Å². The molecule has 0 radical (unpaired) electrons. The van der Waals surface area contributed by atoms with Gasteiger partial charge < -0.3 is 19.9 Å². The molecule has 186 valence electrons. The number of nitrogens with one attached hydrogen (secondary N) is 1. The third-order valence-corrected chi connectivity index (χ3v) is 7.53. The topological polar surface area (TPSA) is 79.7 Å². The van der Waals surface area contributed by atoms with E-state index in [4.69, 9.17) is 4.74 Å². The lowest BCUT2D eigenvalue weighted by molar-refractivity contribution is -0.140. The van der Waals surface area contributed by atoms with Crippen LogP contribution in [0.5, 0.6) is 0 Å². The first-order chi connectivity index (χ1) is 16.7. The van der Waals surface area contributed by atoms with Gasteiger partial charge >= 0.3 is 12.2 Å². The fourth-order valence-corrected chi connectivity index (χ4v) is 5.73. The molecular formula is C23H23F4N5O3. The first-order valence-electron chi connectivity index (χ1n) is 11.6. The summed E-state index contributed by atoms with van der Waals surface area (Å²) in [7, 11) is 0. The van der Waals surface area contributed by atoms with Crippen molar-refractivity contribution in [2.24, 2.45) is 11.8 Å². The Morgan fingerprint density at radius 2 is 1.89 bits per heavy atom. The number of amides is 3. The molecule has 1 aliphatic carbocycles. The third-order valence-electron chi connectivity index (χ3n) is 7.53. The van der Waals surface area contributed by atoms with Crippen molar-refractivity contribution in [3.63, 3.8) is 0 Å². The number of hydrogen-bond acceptors (Lipinski definition) is 4. The lowest BCUT2D eigenvalue weighted by atomic mass is 10.0. The molecule has 4 heterocycles. The van der Waals surface area contributed by atoms with Gasteiger partial charge in [0.05, 0.1) is 29.1 Å². The van der Waals surface area contributed by atoms with Crippen LogP contribution in [0.3, 0.4) is 0 Å². The Labute approximate surface area is 197 Å². The maximum absolute atomic E-state index is 13.6. The molecule has 4 fully saturated rings. The van der Waals surface area contributed by atoms with Gasteiger partial charge in [-0.05, 0) is 42.5 Å². The van der Waals surface area contributed by atoms with Crippen molar-refractivity contribution in [3.8, 4) is 5.69 Å². The Hall–Kier alpha value is -3.15. The fourth-order valence-electron chi connectivity index (χ4n) is 5.73. The summed E-state index contributed by atoms with van der Waals surface area (Å²) in [6, 6.07) is 4.34. The van der Waals surface area contributed by atoms with Crippen molar-refractivity contribution in [2.45, 2.75) is 30.7 Å². The van der Waals surface area contributed by atoms with Crippen LogP contribution in [0.4, 0.5) is 22.4 Å². The second-order valence-electron chi connectivity index (χ2n) is 9.65. The van der Waals surface area contributed by atoms with Crippen molar-refractivity contribution in [1.82, 2.24) is 24.9 Å². The number of halogens is 4. The van der Waals surface area contributed by atoms with Crippen molar-refractivity contribution in [1.29, 1.82) is 0 Å². The Morgan fingerprint density at radius 1 is 1.11 bits per heavy atom. The summed E-state index contributed by atoms with van der Waals surface area (Å²) >= 11 is 0. The fraction of sp³-hybridized carbons (Fsp3) is 0.522. The monoisotopic (exact) mass is 493 g/mol. The molecule has 0 spiro atoms. The zero-order chi connectivity index (χ0) is 24.5. The van der Waals surface area contributed by atoms with Crippen LogP contribution in [0.25, 0.3) is 5.69 Å². The average Bonchev–Trinajstić information content (AvgIpc) is 3.18. The molecule has 2 aromatic rings. The highest BCUT2D eigenvalue weighted by Gasteiger charge is 2.58. The van der Waals surface area contributed by atoms with E-state index >= 15 is 0 Å². The van der Waals surface area contributed by atoms with Gasteiger partial charge in [0.25, 0.3) is 0 Å². The SMILES string of the molecule is O=C1CO[C@H]2CCN(C(=O)N3CC4C(C3)C4c3ccn(-c4ccc(F)c(C(F)(F)F)c4)n3)C[C@H]2N1. The highest BCUT2D eigenvalue weighted by atomic mass is 19.4. The summed E-state index contributed by atoms with van der Waals surface area (Å²) < 4.78 is 59.6. The van der Waals surface area contributed by atoms with Crippen molar-refractivity contribution >= 4 is 11.9 Å². The number of aromatic nitrogens is 2. The smallest absolute Gasteiger partial charge is 0.366 e. The second kappa shape index (κ2) is 7.94. The van der Waals surface area contributed by atoms with Crippen LogP contribution in [0.1, 0.15) is 23.6 Å². The number of ether oxygens (including phenoxy) is 1. The molecule has 3 amide bonds. The number of likely N-dealkylation sites (tertiary alicyclic amines) is 2. The van der Waals surface area contributed by atoms with Gasteiger partial charge in [0.1, 0.15) is 12.4 Å². The molecule has 4 aliphatic rings. The van der Waals surface area contributed by atoms with Crippen LogP contribution in [-0.2, 0) is 15.7 Å². The minimum atomic E-state index is -4.79. The number of rotatable bonds is 2. The van der Waals surface area contributed by atoms with Crippen LogP contribution in [0, 0.1) is 17.7 Å². The Kier molecular flexibility index (Phi) is 5.06. The van der Waals surface area contributed by atoms with Gasteiger partial charge in [-0.25, -0.2) is 13.9 Å². The van der Waals surface area contributed by atoms with E-state index in [0.717, 1.165) is 17.8 Å². The average molecular weight is 493 g/mol. The summed E-state index contributed by atoms with van der Waals surface area (Å²) in [6.07, 6.45) is -2.59. The molecule has 35 heavy (non-hydrogen) atoms. The number of carbonyl (C=O) groups excluding carboxylic acids is 2. The lowest BCUT2D eigenvalue weighted by Gasteiger charge is -2.42. The molecule has 0 bridgehead atoms. The molecule has 1 aromatic heterocycles. The number of fused-ring (bicyclic) bond motifs is 2. The van der Waals surface area contributed by atoms with E-state index in [9.17, 15) is 27.2 Å². The second-order valence-corrected chi connectivity index (χ2v) is 9.65. The number of morpholine rings is 1. The predicted octanol–water partition coefficient (Wildman–Crippen LogP) is 2.38. The highest BCUT2D eigenvalue weighted by molar-refractivity contribution is 5.79. The van der Waals surface area contributed by atoms with Gasteiger partial charge in [0.2, 0.25) is 5.91 Å². The summed E-state index contributed by atoms with van der Waals surface area (Å²) in [5.41, 5.74) is -0.435. The number of benzene rings is 1. The first kappa shape index (κ1) is 22.3. The van der Waals surface area contributed by atoms with E-state index in [-0.39, 0.29) is 54.1 Å². The third kappa shape index (κ3) is 3.93. The first-order valence-corrected chi connectivity index (χ1v) is 11.6. The molecule has 1 aromatic carbocycles. The quantitative estimate of drug-likeness (QED) is 0.652. The summed E-state index contributed by atoms with van der Waals surface area (Å²) in [5.74, 6) is -0.856. The molecule has 2 unspecified atom stereocenters. The Bertz CT molecular complexity index is 1170. The van der Waals surface area contributed by atoms with E-state index in [0.29, 0.717) is 32.6 Å². The largest absolute Gasteiger partial charge is 0.419 e. The number of nitrogens with zero attached hydrogens (tertiary/aromatic N) is 4. The van der Waals surface area contributed by atoms with Crippen molar-refractivity contribution < 1.29 is 31.9 Å². The zero-order valence-corrected chi connectivity index (χ0v) is 18.5. The van der Waals surface area contributed by atoms with Gasteiger partial charge in [-0.3, -0.25) is 4.79 Å². The van der Waals surface area contributed by atoms with Crippen molar-refractivity contribution in [2.75, 3.05) is 32.8 Å². The van der Waals surface area contributed by atoms with E-state index < -0.39 is 17.6 Å². The molecule has 1 N–H and O–H groups in total. The van der Waals surface area contributed by atoms with E-state index in [1.54, 1.807) is 17.2 Å².